The molecular formula is C14H18ClN3OS. The Hall–Kier alpha value is -1.33. The van der Waals surface area contributed by atoms with Crippen LogP contribution in [0.15, 0.2) is 28.5 Å². The summed E-state index contributed by atoms with van der Waals surface area (Å²) in [6.45, 7) is 4.68. The van der Waals surface area contributed by atoms with Crippen LogP contribution in [-0.4, -0.2) is 9.78 Å². The van der Waals surface area contributed by atoms with Gasteiger partial charge < -0.3 is 5.32 Å². The van der Waals surface area contributed by atoms with E-state index in [1.807, 2.05) is 18.4 Å². The fourth-order valence-corrected chi connectivity index (χ4v) is 3.05. The van der Waals surface area contributed by atoms with Crippen molar-refractivity contribution >= 4 is 28.6 Å². The van der Waals surface area contributed by atoms with Crippen LogP contribution in [-0.2, 0) is 6.54 Å². The average Bonchev–Trinajstić information content (AvgIpc) is 2.97. The molecule has 4 nitrogen and oxygen atoms in total. The van der Waals surface area contributed by atoms with Crippen LogP contribution < -0.4 is 10.9 Å². The first kappa shape index (κ1) is 15.1. The minimum atomic E-state index is -0.237. The van der Waals surface area contributed by atoms with Gasteiger partial charge in [-0.05, 0) is 24.3 Å². The van der Waals surface area contributed by atoms with E-state index in [9.17, 15) is 4.79 Å². The second-order valence-corrected chi connectivity index (χ2v) is 5.88. The molecule has 0 fully saturated rings. The third-order valence-electron chi connectivity index (χ3n) is 3.04. The molecule has 20 heavy (non-hydrogen) atoms. The van der Waals surface area contributed by atoms with E-state index in [4.69, 9.17) is 11.6 Å². The number of hydrogen-bond acceptors (Lipinski definition) is 4. The zero-order valence-corrected chi connectivity index (χ0v) is 13.2. The van der Waals surface area contributed by atoms with Gasteiger partial charge in [0.2, 0.25) is 0 Å². The van der Waals surface area contributed by atoms with Crippen LogP contribution in [0, 0.1) is 0 Å². The number of halogens is 1. The lowest BCUT2D eigenvalue weighted by Crippen LogP contribution is -2.24. The Morgan fingerprint density at radius 2 is 2.30 bits per heavy atom. The molecule has 0 aromatic carbocycles. The van der Waals surface area contributed by atoms with Crippen molar-refractivity contribution in [2.45, 2.75) is 39.3 Å². The minimum Gasteiger partial charge on any atom is -0.375 e. The molecule has 6 heteroatoms. The smallest absolute Gasteiger partial charge is 0.287 e. The summed E-state index contributed by atoms with van der Waals surface area (Å²) in [7, 11) is 0. The number of anilines is 1. The monoisotopic (exact) mass is 311 g/mol. The van der Waals surface area contributed by atoms with Crippen molar-refractivity contribution < 1.29 is 0 Å². The van der Waals surface area contributed by atoms with Gasteiger partial charge in [0.05, 0.1) is 17.9 Å². The van der Waals surface area contributed by atoms with Crippen molar-refractivity contribution in [1.29, 1.82) is 0 Å². The summed E-state index contributed by atoms with van der Waals surface area (Å²) in [5.74, 6) is 0. The zero-order chi connectivity index (χ0) is 14.5. The predicted octanol–water partition coefficient (Wildman–Crippen LogP) is 3.93. The van der Waals surface area contributed by atoms with Crippen LogP contribution >= 0.6 is 22.9 Å². The molecule has 2 aromatic heterocycles. The quantitative estimate of drug-likeness (QED) is 0.879. The molecule has 0 saturated carbocycles. The Labute approximate surface area is 127 Å². The first-order chi connectivity index (χ1) is 9.67. The molecule has 2 aromatic rings. The largest absolute Gasteiger partial charge is 0.375 e. The summed E-state index contributed by atoms with van der Waals surface area (Å²) < 4.78 is 1.40. The van der Waals surface area contributed by atoms with Gasteiger partial charge in [0.1, 0.15) is 5.02 Å². The van der Waals surface area contributed by atoms with Gasteiger partial charge >= 0.3 is 0 Å². The number of nitrogens with one attached hydrogen (secondary N) is 1. The SMILES string of the molecule is CCCn1ncc(NC(CC)c2cccs2)c(Cl)c1=O. The van der Waals surface area contributed by atoms with Crippen LogP contribution in [0.3, 0.4) is 0 Å². The topological polar surface area (TPSA) is 46.9 Å². The van der Waals surface area contributed by atoms with Gasteiger partial charge in [-0.1, -0.05) is 31.5 Å². The fourth-order valence-electron chi connectivity index (χ4n) is 1.99. The fraction of sp³-hybridized carbons (Fsp3) is 0.429. The number of nitrogens with zero attached hydrogens (tertiary/aromatic N) is 2. The van der Waals surface area contributed by atoms with Crippen LogP contribution in [0.1, 0.15) is 37.6 Å². The van der Waals surface area contributed by atoms with E-state index in [2.05, 4.69) is 23.4 Å². The van der Waals surface area contributed by atoms with Crippen LogP contribution in [0.5, 0.6) is 0 Å². The maximum Gasteiger partial charge on any atom is 0.287 e. The number of rotatable bonds is 6. The molecule has 0 amide bonds. The summed E-state index contributed by atoms with van der Waals surface area (Å²) in [5, 5.41) is 9.72. The lowest BCUT2D eigenvalue weighted by Gasteiger charge is -2.17. The number of aryl methyl sites for hydroxylation is 1. The van der Waals surface area contributed by atoms with Gasteiger partial charge in [-0.3, -0.25) is 4.79 Å². The van der Waals surface area contributed by atoms with E-state index in [-0.39, 0.29) is 16.6 Å². The normalized spacial score (nSPS) is 12.3. The van der Waals surface area contributed by atoms with E-state index < -0.39 is 0 Å². The molecular weight excluding hydrogens is 294 g/mol. The minimum absolute atomic E-state index is 0.149. The number of thiophene rings is 1. The Balaban J connectivity index is 2.25. The van der Waals surface area contributed by atoms with Gasteiger partial charge in [0.15, 0.2) is 0 Å². The van der Waals surface area contributed by atoms with E-state index in [1.165, 1.54) is 9.56 Å². The van der Waals surface area contributed by atoms with E-state index in [0.29, 0.717) is 12.2 Å². The van der Waals surface area contributed by atoms with Crippen molar-refractivity contribution in [1.82, 2.24) is 9.78 Å². The molecule has 0 spiro atoms. The summed E-state index contributed by atoms with van der Waals surface area (Å²) >= 11 is 7.85. The van der Waals surface area contributed by atoms with Crippen LogP contribution in [0.4, 0.5) is 5.69 Å². The van der Waals surface area contributed by atoms with Crippen molar-refractivity contribution in [3.8, 4) is 0 Å². The maximum atomic E-state index is 12.1. The van der Waals surface area contributed by atoms with Crippen molar-refractivity contribution in [2.24, 2.45) is 0 Å². The van der Waals surface area contributed by atoms with Crippen molar-refractivity contribution in [3.63, 3.8) is 0 Å². The average molecular weight is 312 g/mol. The standard InChI is InChI=1S/C14H18ClN3OS/c1-3-7-18-14(19)13(15)11(9-16-18)17-10(4-2)12-6-5-8-20-12/h5-6,8-10,17H,3-4,7H2,1-2H3. The zero-order valence-electron chi connectivity index (χ0n) is 11.6. The molecule has 0 bridgehead atoms. The van der Waals surface area contributed by atoms with Gasteiger partial charge in [0, 0.05) is 11.4 Å². The van der Waals surface area contributed by atoms with Gasteiger partial charge in [-0.25, -0.2) is 4.68 Å². The summed E-state index contributed by atoms with van der Waals surface area (Å²) in [4.78, 5) is 13.3. The molecule has 1 N–H and O–H groups in total. The molecule has 2 heterocycles. The molecule has 0 radical (unpaired) electrons. The molecule has 0 aliphatic carbocycles. The summed E-state index contributed by atoms with van der Waals surface area (Å²) in [6.07, 6.45) is 3.40. The summed E-state index contributed by atoms with van der Waals surface area (Å²) in [6, 6.07) is 4.24. The second kappa shape index (κ2) is 6.90. The van der Waals surface area contributed by atoms with Crippen molar-refractivity contribution in [3.05, 3.63) is 44.0 Å². The van der Waals surface area contributed by atoms with E-state index >= 15 is 0 Å². The van der Waals surface area contributed by atoms with Crippen molar-refractivity contribution in [2.75, 3.05) is 5.32 Å². The first-order valence-corrected chi connectivity index (χ1v) is 7.98. The van der Waals surface area contributed by atoms with Gasteiger partial charge in [-0.2, -0.15) is 5.10 Å². The van der Waals surface area contributed by atoms with Crippen LogP contribution in [0.2, 0.25) is 5.02 Å². The van der Waals surface area contributed by atoms with Crippen LogP contribution in [0.25, 0.3) is 0 Å². The van der Waals surface area contributed by atoms with E-state index in [1.54, 1.807) is 17.5 Å². The van der Waals surface area contributed by atoms with Gasteiger partial charge in [0.25, 0.3) is 5.56 Å². The molecule has 0 aliphatic heterocycles. The Bertz CT molecular complexity index is 609. The lowest BCUT2D eigenvalue weighted by atomic mass is 10.2. The Morgan fingerprint density at radius 3 is 2.90 bits per heavy atom. The first-order valence-electron chi connectivity index (χ1n) is 6.72. The molecule has 1 atom stereocenters. The highest BCUT2D eigenvalue weighted by Gasteiger charge is 2.14. The highest BCUT2D eigenvalue weighted by molar-refractivity contribution is 7.10. The Kier molecular flexibility index (Phi) is 5.20. The molecule has 1 unspecified atom stereocenters. The molecule has 0 saturated heterocycles. The number of hydrogen-bond donors (Lipinski definition) is 1. The third kappa shape index (κ3) is 3.22. The number of aromatic nitrogens is 2. The van der Waals surface area contributed by atoms with Gasteiger partial charge in [-0.15, -0.1) is 11.3 Å². The highest BCUT2D eigenvalue weighted by Crippen LogP contribution is 2.28. The third-order valence-corrected chi connectivity index (χ3v) is 4.40. The molecule has 2 rings (SSSR count). The maximum absolute atomic E-state index is 12.1. The Morgan fingerprint density at radius 1 is 1.50 bits per heavy atom. The lowest BCUT2D eigenvalue weighted by molar-refractivity contribution is 0.568. The van der Waals surface area contributed by atoms with E-state index in [0.717, 1.165) is 12.8 Å². The summed E-state index contributed by atoms with van der Waals surface area (Å²) in [5.41, 5.74) is 0.365. The molecule has 0 aliphatic rings. The predicted molar refractivity (Wildman–Crippen MR) is 84.8 cm³/mol. The molecule has 108 valence electrons. The highest BCUT2D eigenvalue weighted by atomic mass is 35.5. The second-order valence-electron chi connectivity index (χ2n) is 4.52.